The number of ether oxygens (including phenoxy) is 1. The third-order valence-corrected chi connectivity index (χ3v) is 6.06. The lowest BCUT2D eigenvalue weighted by molar-refractivity contribution is -0.124. The summed E-state index contributed by atoms with van der Waals surface area (Å²) in [6.45, 7) is 0.385. The maximum Gasteiger partial charge on any atom is 0.287 e. The Hall–Kier alpha value is -3.62. The van der Waals surface area contributed by atoms with Crippen LogP contribution >= 0.6 is 0 Å². The van der Waals surface area contributed by atoms with E-state index in [0.717, 1.165) is 31.4 Å². The Morgan fingerprint density at radius 3 is 2.67 bits per heavy atom. The number of aromatic nitrogens is 3. The summed E-state index contributed by atoms with van der Waals surface area (Å²) in [5, 5.41) is 9.65. The fourth-order valence-corrected chi connectivity index (χ4v) is 4.14. The molecular formula is C24H29N5O4. The number of rotatable bonds is 8. The fourth-order valence-electron chi connectivity index (χ4n) is 4.14. The molecule has 3 aromatic rings. The van der Waals surface area contributed by atoms with Crippen LogP contribution in [0.5, 0.6) is 5.75 Å². The van der Waals surface area contributed by atoms with Crippen molar-refractivity contribution in [1.82, 2.24) is 25.4 Å². The molecule has 9 nitrogen and oxygen atoms in total. The number of hydrogen-bond donors (Lipinski definition) is 2. The van der Waals surface area contributed by atoms with Gasteiger partial charge in [0.15, 0.2) is 11.5 Å². The van der Waals surface area contributed by atoms with Crippen LogP contribution in [0.25, 0.3) is 11.5 Å². The molecule has 2 N–H and O–H groups in total. The minimum absolute atomic E-state index is 0.137. The van der Waals surface area contributed by atoms with Crippen molar-refractivity contribution in [3.05, 3.63) is 54.2 Å². The summed E-state index contributed by atoms with van der Waals surface area (Å²) in [7, 11) is 3.45. The molecule has 174 valence electrons. The van der Waals surface area contributed by atoms with E-state index in [4.69, 9.17) is 9.15 Å². The third-order valence-electron chi connectivity index (χ3n) is 6.06. The minimum Gasteiger partial charge on any atom is -0.486 e. The van der Waals surface area contributed by atoms with Gasteiger partial charge in [0.25, 0.3) is 5.91 Å². The SMILES string of the molecule is CNC(=O)[C@@H](NC(=O)c1ccc(-c2ccc(OCc3ccnn3C)cn2)o1)C1CCCCC1. The number of nitrogens with zero attached hydrogens (tertiary/aromatic N) is 3. The first kappa shape index (κ1) is 22.6. The van der Waals surface area contributed by atoms with Gasteiger partial charge < -0.3 is 19.8 Å². The van der Waals surface area contributed by atoms with Crippen molar-refractivity contribution >= 4 is 11.8 Å². The standard InChI is InChI=1S/C24H29N5O4/c1-25-24(31)22(16-6-4-3-5-7-16)28-23(30)21-11-10-20(33-21)19-9-8-18(14-26-19)32-15-17-12-13-27-29(17)2/h8-14,16,22H,3-7,15H2,1-2H3,(H,25,31)(H,28,30)/t22-/m0/s1. The lowest BCUT2D eigenvalue weighted by atomic mass is 9.83. The van der Waals surface area contributed by atoms with E-state index in [0.29, 0.717) is 23.8 Å². The van der Waals surface area contributed by atoms with Crippen molar-refractivity contribution in [2.24, 2.45) is 13.0 Å². The summed E-state index contributed by atoms with van der Waals surface area (Å²) in [6, 6.07) is 8.19. The molecule has 0 radical (unpaired) electrons. The normalized spacial score (nSPS) is 15.1. The quantitative estimate of drug-likeness (QED) is 0.544. The number of likely N-dealkylation sites (N-methyl/N-ethyl adjacent to an activating group) is 1. The summed E-state index contributed by atoms with van der Waals surface area (Å²) in [6.07, 6.45) is 8.52. The Balaban J connectivity index is 1.39. The predicted octanol–water partition coefficient (Wildman–Crippen LogP) is 3.08. The van der Waals surface area contributed by atoms with Crippen molar-refractivity contribution in [2.45, 2.75) is 44.8 Å². The molecule has 1 atom stereocenters. The van der Waals surface area contributed by atoms with Crippen LogP contribution < -0.4 is 15.4 Å². The molecule has 0 saturated heterocycles. The van der Waals surface area contributed by atoms with Gasteiger partial charge in [0.2, 0.25) is 5.91 Å². The van der Waals surface area contributed by atoms with Crippen molar-refractivity contribution in [1.29, 1.82) is 0 Å². The van der Waals surface area contributed by atoms with Gasteiger partial charge in [-0.1, -0.05) is 19.3 Å². The van der Waals surface area contributed by atoms with Gasteiger partial charge in [-0.2, -0.15) is 5.10 Å². The molecule has 1 saturated carbocycles. The van der Waals surface area contributed by atoms with E-state index in [9.17, 15) is 9.59 Å². The van der Waals surface area contributed by atoms with Crippen LogP contribution in [0, 0.1) is 5.92 Å². The van der Waals surface area contributed by atoms with Gasteiger partial charge in [-0.05, 0) is 49.1 Å². The maximum absolute atomic E-state index is 12.8. The molecule has 1 fully saturated rings. The summed E-state index contributed by atoms with van der Waals surface area (Å²) in [5.41, 5.74) is 1.53. The predicted molar refractivity (Wildman–Crippen MR) is 121 cm³/mol. The molecule has 0 spiro atoms. The molecule has 0 aliphatic heterocycles. The number of hydrogen-bond acceptors (Lipinski definition) is 6. The zero-order valence-electron chi connectivity index (χ0n) is 18.9. The molecule has 0 bridgehead atoms. The van der Waals surface area contributed by atoms with Crippen molar-refractivity contribution < 1.29 is 18.7 Å². The number of carbonyl (C=O) groups excluding carboxylic acids is 2. The van der Waals surface area contributed by atoms with Crippen LogP contribution in [0.3, 0.4) is 0 Å². The summed E-state index contributed by atoms with van der Waals surface area (Å²) in [5.74, 6) is 0.783. The van der Waals surface area contributed by atoms with Crippen LogP contribution in [0.2, 0.25) is 0 Å². The van der Waals surface area contributed by atoms with Crippen molar-refractivity contribution in [3.63, 3.8) is 0 Å². The Morgan fingerprint density at radius 1 is 1.18 bits per heavy atom. The summed E-state index contributed by atoms with van der Waals surface area (Å²) < 4.78 is 13.2. The second-order valence-electron chi connectivity index (χ2n) is 8.24. The zero-order valence-corrected chi connectivity index (χ0v) is 18.9. The monoisotopic (exact) mass is 451 g/mol. The smallest absolute Gasteiger partial charge is 0.287 e. The van der Waals surface area contributed by atoms with Gasteiger partial charge in [0, 0.05) is 20.3 Å². The van der Waals surface area contributed by atoms with Gasteiger partial charge in [-0.15, -0.1) is 0 Å². The highest BCUT2D eigenvalue weighted by atomic mass is 16.5. The molecule has 1 aliphatic rings. The van der Waals surface area contributed by atoms with E-state index >= 15 is 0 Å². The van der Waals surface area contributed by atoms with Crippen molar-refractivity contribution in [3.8, 4) is 17.2 Å². The second-order valence-corrected chi connectivity index (χ2v) is 8.24. The minimum atomic E-state index is -0.565. The Kier molecular flexibility index (Phi) is 7.07. The van der Waals surface area contributed by atoms with E-state index < -0.39 is 11.9 Å². The van der Waals surface area contributed by atoms with E-state index in [1.54, 1.807) is 48.4 Å². The lowest BCUT2D eigenvalue weighted by Crippen LogP contribution is -2.50. The van der Waals surface area contributed by atoms with Crippen LogP contribution in [0.1, 0.15) is 48.4 Å². The van der Waals surface area contributed by atoms with Crippen LogP contribution in [0.15, 0.2) is 47.1 Å². The zero-order chi connectivity index (χ0) is 23.2. The molecule has 1 aliphatic carbocycles. The van der Waals surface area contributed by atoms with Crippen LogP contribution in [-0.2, 0) is 18.4 Å². The lowest BCUT2D eigenvalue weighted by Gasteiger charge is -2.29. The van der Waals surface area contributed by atoms with Gasteiger partial charge in [-0.25, -0.2) is 4.98 Å². The van der Waals surface area contributed by atoms with Crippen LogP contribution in [-0.4, -0.2) is 39.7 Å². The molecule has 3 aromatic heterocycles. The number of amides is 2. The van der Waals surface area contributed by atoms with E-state index in [2.05, 4.69) is 20.7 Å². The molecule has 33 heavy (non-hydrogen) atoms. The maximum atomic E-state index is 12.8. The topological polar surface area (TPSA) is 111 Å². The second kappa shape index (κ2) is 10.3. The Morgan fingerprint density at radius 2 is 2.00 bits per heavy atom. The van der Waals surface area contributed by atoms with Gasteiger partial charge in [0.1, 0.15) is 24.1 Å². The molecule has 4 rings (SSSR count). The molecule has 0 unspecified atom stereocenters. The number of aryl methyl sites for hydroxylation is 1. The fraction of sp³-hybridized carbons (Fsp3) is 0.417. The highest BCUT2D eigenvalue weighted by molar-refractivity contribution is 5.96. The molecular weight excluding hydrogens is 422 g/mol. The largest absolute Gasteiger partial charge is 0.486 e. The third kappa shape index (κ3) is 5.42. The number of furan rings is 1. The molecule has 2 amide bonds. The Labute approximate surface area is 192 Å². The van der Waals surface area contributed by atoms with Crippen LogP contribution in [0.4, 0.5) is 0 Å². The number of nitrogens with one attached hydrogen (secondary N) is 2. The summed E-state index contributed by atoms with van der Waals surface area (Å²) in [4.78, 5) is 29.6. The highest BCUT2D eigenvalue weighted by Gasteiger charge is 2.31. The van der Waals surface area contributed by atoms with Gasteiger partial charge in [-0.3, -0.25) is 14.3 Å². The number of carbonyl (C=O) groups is 2. The number of pyridine rings is 1. The highest BCUT2D eigenvalue weighted by Crippen LogP contribution is 2.27. The molecule has 0 aromatic carbocycles. The average molecular weight is 452 g/mol. The van der Waals surface area contributed by atoms with E-state index in [1.165, 1.54) is 6.42 Å². The van der Waals surface area contributed by atoms with Gasteiger partial charge >= 0.3 is 0 Å². The first-order chi connectivity index (χ1) is 16.0. The summed E-state index contributed by atoms with van der Waals surface area (Å²) >= 11 is 0. The molecule has 9 heteroatoms. The Bertz CT molecular complexity index is 1080. The van der Waals surface area contributed by atoms with E-state index in [-0.39, 0.29) is 17.6 Å². The first-order valence-electron chi connectivity index (χ1n) is 11.2. The van der Waals surface area contributed by atoms with E-state index in [1.807, 2.05) is 13.1 Å². The average Bonchev–Trinajstić information content (AvgIpc) is 3.51. The molecule has 3 heterocycles. The first-order valence-corrected chi connectivity index (χ1v) is 11.2. The van der Waals surface area contributed by atoms with Gasteiger partial charge in [0.05, 0.1) is 11.9 Å². The van der Waals surface area contributed by atoms with Crippen molar-refractivity contribution in [2.75, 3.05) is 7.05 Å².